The molecule has 196 valence electrons. The van der Waals surface area contributed by atoms with Crippen LogP contribution in [-0.4, -0.2) is 20.3 Å². The summed E-state index contributed by atoms with van der Waals surface area (Å²) in [6.45, 7) is 0.379. The van der Waals surface area contributed by atoms with E-state index >= 15 is 0 Å². The van der Waals surface area contributed by atoms with Gasteiger partial charge < -0.3 is 14.2 Å². The molecule has 1 aliphatic heterocycles. The summed E-state index contributed by atoms with van der Waals surface area (Å²) in [7, 11) is 1.27. The summed E-state index contributed by atoms with van der Waals surface area (Å²) in [6.07, 6.45) is 1.90. The van der Waals surface area contributed by atoms with Crippen molar-refractivity contribution in [1.29, 1.82) is 0 Å². The van der Waals surface area contributed by atoms with Crippen LogP contribution in [0.4, 0.5) is 26.3 Å². The minimum atomic E-state index is -1.34. The predicted molar refractivity (Wildman–Crippen MR) is 124 cm³/mol. The van der Waals surface area contributed by atoms with Gasteiger partial charge in [-0.2, -0.15) is 8.78 Å². The van der Waals surface area contributed by atoms with Gasteiger partial charge >= 0.3 is 0 Å². The highest BCUT2D eigenvalue weighted by Crippen LogP contribution is 2.40. The zero-order valence-corrected chi connectivity index (χ0v) is 19.9. The van der Waals surface area contributed by atoms with Crippen molar-refractivity contribution in [2.75, 3.05) is 20.3 Å². The zero-order valence-electron chi connectivity index (χ0n) is 19.9. The molecule has 1 heterocycles. The zero-order chi connectivity index (χ0) is 26.3. The van der Waals surface area contributed by atoms with Gasteiger partial charge in [0.1, 0.15) is 6.10 Å². The average molecular weight is 522 g/mol. The van der Waals surface area contributed by atoms with Gasteiger partial charge in [0.25, 0.3) is 0 Å². The van der Waals surface area contributed by atoms with Gasteiger partial charge in [-0.25, -0.2) is 17.6 Å². The number of halogens is 6. The number of epoxide rings is 1. The molecule has 0 spiro atoms. The van der Waals surface area contributed by atoms with Crippen molar-refractivity contribution in [1.82, 2.24) is 0 Å². The van der Waals surface area contributed by atoms with Crippen molar-refractivity contribution < 1.29 is 40.6 Å². The Hall–Kier alpha value is -3.20. The van der Waals surface area contributed by atoms with E-state index in [0.717, 1.165) is 6.07 Å². The molecule has 1 unspecified atom stereocenters. The Balaban J connectivity index is 1.23. The molecule has 3 aromatic rings. The predicted octanol–water partition coefficient (Wildman–Crippen LogP) is 7.62. The number of rotatable bonds is 7. The molecule has 0 bridgehead atoms. The second-order valence-electron chi connectivity index (χ2n) is 9.41. The van der Waals surface area contributed by atoms with E-state index in [9.17, 15) is 26.3 Å². The lowest BCUT2D eigenvalue weighted by Gasteiger charge is -2.29. The van der Waals surface area contributed by atoms with Crippen molar-refractivity contribution in [2.24, 2.45) is 5.92 Å². The summed E-state index contributed by atoms with van der Waals surface area (Å²) >= 11 is 0. The van der Waals surface area contributed by atoms with Gasteiger partial charge in [-0.15, -0.1) is 0 Å². The van der Waals surface area contributed by atoms with Crippen molar-refractivity contribution in [3.63, 3.8) is 0 Å². The summed E-state index contributed by atoms with van der Waals surface area (Å²) in [6, 6.07) is 7.76. The van der Waals surface area contributed by atoms with E-state index in [2.05, 4.69) is 0 Å². The SMILES string of the molecule is COc1ccc(C2CCC(COc3ccc(-c4ccc(C5CO5)c(F)c4F)c(F)c3F)CC2)c(F)c1F. The molecule has 9 heteroatoms. The van der Waals surface area contributed by atoms with Crippen LogP contribution in [0.3, 0.4) is 0 Å². The van der Waals surface area contributed by atoms with Crippen LogP contribution < -0.4 is 9.47 Å². The lowest BCUT2D eigenvalue weighted by Crippen LogP contribution is -2.20. The maximum Gasteiger partial charge on any atom is 0.201 e. The first-order valence-corrected chi connectivity index (χ1v) is 12.0. The van der Waals surface area contributed by atoms with Crippen molar-refractivity contribution in [3.05, 3.63) is 82.4 Å². The van der Waals surface area contributed by atoms with Crippen LogP contribution in [0.2, 0.25) is 0 Å². The fourth-order valence-electron chi connectivity index (χ4n) is 4.97. The maximum absolute atomic E-state index is 14.8. The molecule has 0 N–H and O–H groups in total. The highest BCUT2D eigenvalue weighted by Gasteiger charge is 2.31. The molecule has 37 heavy (non-hydrogen) atoms. The van der Waals surface area contributed by atoms with Gasteiger partial charge in [-0.3, -0.25) is 0 Å². The molecular weight excluding hydrogens is 498 g/mol. The molecule has 2 fully saturated rings. The summed E-state index contributed by atoms with van der Waals surface area (Å²) < 4.78 is 102. The molecule has 5 rings (SSSR count). The Morgan fingerprint density at radius 1 is 0.676 bits per heavy atom. The molecule has 1 saturated carbocycles. The number of methoxy groups -OCH3 is 1. The first-order chi connectivity index (χ1) is 17.8. The van der Waals surface area contributed by atoms with E-state index in [0.29, 0.717) is 31.2 Å². The summed E-state index contributed by atoms with van der Waals surface area (Å²) in [5, 5.41) is 0. The smallest absolute Gasteiger partial charge is 0.201 e. The van der Waals surface area contributed by atoms with Crippen LogP contribution >= 0.6 is 0 Å². The van der Waals surface area contributed by atoms with E-state index < -0.39 is 52.1 Å². The Kier molecular flexibility index (Phi) is 7.07. The van der Waals surface area contributed by atoms with E-state index in [1.54, 1.807) is 0 Å². The second kappa shape index (κ2) is 10.3. The highest BCUT2D eigenvalue weighted by molar-refractivity contribution is 5.66. The normalized spacial score (nSPS) is 21.1. The number of hydrogen-bond donors (Lipinski definition) is 0. The second-order valence-corrected chi connectivity index (χ2v) is 9.41. The first-order valence-electron chi connectivity index (χ1n) is 12.0. The van der Waals surface area contributed by atoms with Gasteiger partial charge in [0.05, 0.1) is 20.3 Å². The molecule has 1 aliphatic carbocycles. The Bertz CT molecular complexity index is 1320. The van der Waals surface area contributed by atoms with Crippen molar-refractivity contribution >= 4 is 0 Å². The molecule has 1 saturated heterocycles. The molecule has 0 radical (unpaired) electrons. The third-order valence-electron chi connectivity index (χ3n) is 7.19. The maximum atomic E-state index is 14.8. The molecule has 0 amide bonds. The lowest BCUT2D eigenvalue weighted by molar-refractivity contribution is 0.191. The third kappa shape index (κ3) is 4.89. The standard InChI is InChI=1S/C28H24F6O3/c1-35-20-10-8-16(23(29)27(20)33)15-4-2-14(3-5-15)12-36-21-11-9-18(25(31)28(21)34)17-6-7-19(22-13-37-22)26(32)24(17)30/h6-11,14-15,22H,2-5,12-13H2,1H3. The van der Waals surface area contributed by atoms with Gasteiger partial charge in [0, 0.05) is 16.7 Å². The Morgan fingerprint density at radius 3 is 1.86 bits per heavy atom. The third-order valence-corrected chi connectivity index (χ3v) is 7.19. The van der Waals surface area contributed by atoms with Gasteiger partial charge in [0.15, 0.2) is 34.8 Å². The summed E-state index contributed by atoms with van der Waals surface area (Å²) in [5.74, 6) is -7.63. The van der Waals surface area contributed by atoms with Crippen molar-refractivity contribution in [3.8, 4) is 22.6 Å². The molecule has 3 nitrogen and oxygen atoms in total. The Morgan fingerprint density at radius 2 is 1.22 bits per heavy atom. The topological polar surface area (TPSA) is 31.0 Å². The summed E-state index contributed by atoms with van der Waals surface area (Å²) in [5.41, 5.74) is -0.483. The van der Waals surface area contributed by atoms with Crippen LogP contribution in [0.25, 0.3) is 11.1 Å². The van der Waals surface area contributed by atoms with E-state index in [1.807, 2.05) is 0 Å². The van der Waals surface area contributed by atoms with Crippen molar-refractivity contribution in [2.45, 2.75) is 37.7 Å². The van der Waals surface area contributed by atoms with Crippen LogP contribution in [-0.2, 0) is 4.74 Å². The Labute approximate surface area is 210 Å². The first kappa shape index (κ1) is 25.4. The van der Waals surface area contributed by atoms with Crippen LogP contribution in [0.1, 0.15) is 48.8 Å². The van der Waals surface area contributed by atoms with Gasteiger partial charge in [0.2, 0.25) is 11.6 Å². The number of ether oxygens (including phenoxy) is 3. The number of benzene rings is 3. The van der Waals surface area contributed by atoms with Gasteiger partial charge in [-0.1, -0.05) is 18.2 Å². The van der Waals surface area contributed by atoms with Crippen LogP contribution in [0.15, 0.2) is 36.4 Å². The van der Waals surface area contributed by atoms with E-state index in [-0.39, 0.29) is 42.1 Å². The molecule has 0 aromatic heterocycles. The largest absolute Gasteiger partial charge is 0.494 e. The average Bonchev–Trinajstić information content (AvgIpc) is 3.74. The molecule has 3 aromatic carbocycles. The quantitative estimate of drug-likeness (QED) is 0.236. The van der Waals surface area contributed by atoms with E-state index in [4.69, 9.17) is 14.2 Å². The minimum Gasteiger partial charge on any atom is -0.494 e. The fraction of sp³-hybridized carbons (Fsp3) is 0.357. The minimum absolute atomic E-state index is 0.00766. The monoisotopic (exact) mass is 522 g/mol. The lowest BCUT2D eigenvalue weighted by atomic mass is 9.79. The highest BCUT2D eigenvalue weighted by atomic mass is 19.2. The van der Waals surface area contributed by atoms with Gasteiger partial charge in [-0.05, 0) is 61.3 Å². The molecule has 2 aliphatic rings. The fourth-order valence-corrected chi connectivity index (χ4v) is 4.97. The number of hydrogen-bond acceptors (Lipinski definition) is 3. The van der Waals surface area contributed by atoms with Crippen LogP contribution in [0.5, 0.6) is 11.5 Å². The van der Waals surface area contributed by atoms with Crippen LogP contribution in [0, 0.1) is 40.8 Å². The molecule has 1 atom stereocenters. The summed E-state index contributed by atoms with van der Waals surface area (Å²) in [4.78, 5) is 0. The van der Waals surface area contributed by atoms with E-state index in [1.165, 1.54) is 37.4 Å². The molecular formula is C28H24F6O3.